The van der Waals surface area contributed by atoms with Gasteiger partial charge in [0.1, 0.15) is 4.21 Å². The van der Waals surface area contributed by atoms with Gasteiger partial charge >= 0.3 is 10.1 Å². The van der Waals surface area contributed by atoms with Crippen LogP contribution in [0.1, 0.15) is 17.5 Å². The Balaban J connectivity index is 0.000000179. The fourth-order valence-corrected chi connectivity index (χ4v) is 5.27. The van der Waals surface area contributed by atoms with E-state index in [1.807, 2.05) is 30.1 Å². The Labute approximate surface area is 189 Å². The SMILES string of the molecule is CN[C@H]1CCN(Cc2cccc(C#N)c2)C1=O.O=S(=O)(O)c1cc2ccc(Cl)cc2s1. The first kappa shape index (κ1) is 23.2. The Hall–Kier alpha value is -2.48. The van der Waals surface area contributed by atoms with Crippen molar-refractivity contribution in [3.8, 4) is 6.07 Å². The van der Waals surface area contributed by atoms with Crippen LogP contribution in [0.15, 0.2) is 52.7 Å². The number of hydrogen-bond donors (Lipinski definition) is 2. The highest BCUT2D eigenvalue weighted by molar-refractivity contribution is 7.88. The fourth-order valence-electron chi connectivity index (χ4n) is 3.23. The number of benzene rings is 2. The molecule has 162 valence electrons. The molecule has 1 saturated heterocycles. The number of fused-ring (bicyclic) bond motifs is 1. The second kappa shape index (κ2) is 9.77. The third kappa shape index (κ3) is 5.81. The minimum atomic E-state index is -4.10. The van der Waals surface area contributed by atoms with Gasteiger partial charge in [-0.1, -0.05) is 29.8 Å². The number of amides is 1. The molecule has 1 amide bonds. The maximum atomic E-state index is 11.9. The van der Waals surface area contributed by atoms with Crippen LogP contribution in [0.25, 0.3) is 10.1 Å². The molecular weight excluding hydrogens is 458 g/mol. The first-order valence-corrected chi connectivity index (χ1v) is 12.0. The number of carbonyl (C=O) groups is 1. The molecule has 1 aromatic heterocycles. The standard InChI is InChI=1S/C13H15N3O.C8H5ClO3S2/c1-15-12-5-6-16(13(12)17)9-11-4-2-3-10(7-11)8-14;9-6-2-1-5-3-8(14(10,11)12)13-7(5)4-6/h2-4,7,12,15H,5-6,9H2,1H3;1-4H,(H,10,11,12)/t12-;/m0./s1. The minimum Gasteiger partial charge on any atom is -0.337 e. The fraction of sp³-hybridized carbons (Fsp3) is 0.238. The van der Waals surface area contributed by atoms with Crippen LogP contribution >= 0.6 is 22.9 Å². The maximum absolute atomic E-state index is 11.9. The molecule has 0 radical (unpaired) electrons. The first-order chi connectivity index (χ1) is 14.7. The van der Waals surface area contributed by atoms with Crippen LogP contribution in [0.4, 0.5) is 0 Å². The lowest BCUT2D eigenvalue weighted by Crippen LogP contribution is -2.35. The number of carbonyl (C=O) groups excluding carboxylic acids is 1. The van der Waals surface area contributed by atoms with E-state index in [4.69, 9.17) is 21.4 Å². The largest absolute Gasteiger partial charge is 0.337 e. The molecule has 1 fully saturated rings. The van der Waals surface area contributed by atoms with Gasteiger partial charge in [-0.05, 0) is 54.8 Å². The predicted octanol–water partition coefficient (Wildman–Crippen LogP) is 3.68. The second-order valence-electron chi connectivity index (χ2n) is 6.92. The van der Waals surface area contributed by atoms with E-state index in [1.54, 1.807) is 24.3 Å². The molecule has 0 saturated carbocycles. The van der Waals surface area contributed by atoms with E-state index in [0.29, 0.717) is 17.1 Å². The van der Waals surface area contributed by atoms with Crippen LogP contribution in [0.3, 0.4) is 0 Å². The van der Waals surface area contributed by atoms with Crippen LogP contribution in [0, 0.1) is 11.3 Å². The number of rotatable bonds is 4. The number of halogens is 1. The lowest BCUT2D eigenvalue weighted by molar-refractivity contribution is -0.129. The van der Waals surface area contributed by atoms with E-state index in [-0.39, 0.29) is 16.2 Å². The lowest BCUT2D eigenvalue weighted by atomic mass is 10.1. The van der Waals surface area contributed by atoms with E-state index in [0.717, 1.165) is 40.0 Å². The van der Waals surface area contributed by atoms with Crippen molar-refractivity contribution in [3.63, 3.8) is 0 Å². The van der Waals surface area contributed by atoms with Crippen molar-refractivity contribution in [2.45, 2.75) is 23.2 Å². The molecule has 10 heteroatoms. The van der Waals surface area contributed by atoms with Gasteiger partial charge in [-0.2, -0.15) is 13.7 Å². The normalized spacial score (nSPS) is 16.1. The van der Waals surface area contributed by atoms with E-state index >= 15 is 0 Å². The minimum absolute atomic E-state index is 0.0471. The summed E-state index contributed by atoms with van der Waals surface area (Å²) in [5, 5.41) is 13.1. The molecule has 7 nitrogen and oxygen atoms in total. The maximum Gasteiger partial charge on any atom is 0.304 e. The molecular formula is C21H20ClN3O4S2. The number of nitrogens with zero attached hydrogens (tertiary/aromatic N) is 2. The summed E-state index contributed by atoms with van der Waals surface area (Å²) in [6.45, 7) is 1.37. The summed E-state index contributed by atoms with van der Waals surface area (Å²) in [5.41, 5.74) is 1.65. The molecule has 0 spiro atoms. The summed E-state index contributed by atoms with van der Waals surface area (Å²) in [7, 11) is -2.29. The quantitative estimate of drug-likeness (QED) is 0.554. The van der Waals surface area contributed by atoms with Crippen LogP contribution in [0.2, 0.25) is 5.02 Å². The summed E-state index contributed by atoms with van der Waals surface area (Å²) in [6.07, 6.45) is 0.854. The van der Waals surface area contributed by atoms with Gasteiger partial charge in [0.2, 0.25) is 5.91 Å². The summed E-state index contributed by atoms with van der Waals surface area (Å²) in [6, 6.07) is 15.9. The highest BCUT2D eigenvalue weighted by atomic mass is 35.5. The van der Waals surface area contributed by atoms with Crippen molar-refractivity contribution in [1.82, 2.24) is 10.2 Å². The third-order valence-corrected chi connectivity index (χ3v) is 7.42. The number of likely N-dealkylation sites (tertiary alicyclic amines) is 1. The van der Waals surface area contributed by atoms with Gasteiger partial charge in [0.15, 0.2) is 0 Å². The molecule has 3 aromatic rings. The van der Waals surface area contributed by atoms with Gasteiger partial charge < -0.3 is 10.2 Å². The number of thiophene rings is 1. The van der Waals surface area contributed by atoms with Crippen LogP contribution in [0.5, 0.6) is 0 Å². The highest BCUT2D eigenvalue weighted by Crippen LogP contribution is 2.30. The number of likely N-dealkylation sites (N-methyl/N-ethyl adjacent to an activating group) is 1. The van der Waals surface area contributed by atoms with Gasteiger partial charge in [-0.3, -0.25) is 9.35 Å². The Morgan fingerprint density at radius 1 is 1.29 bits per heavy atom. The molecule has 2 aromatic carbocycles. The molecule has 4 rings (SSSR count). The Bertz CT molecular complexity index is 1250. The molecule has 31 heavy (non-hydrogen) atoms. The van der Waals surface area contributed by atoms with Crippen molar-refractivity contribution >= 4 is 49.0 Å². The molecule has 1 aliphatic rings. The van der Waals surface area contributed by atoms with Crippen molar-refractivity contribution < 1.29 is 17.8 Å². The zero-order valence-corrected chi connectivity index (χ0v) is 19.0. The summed E-state index contributed by atoms with van der Waals surface area (Å²) >= 11 is 6.73. The third-order valence-electron chi connectivity index (χ3n) is 4.79. The van der Waals surface area contributed by atoms with Crippen LogP contribution < -0.4 is 5.32 Å². The zero-order chi connectivity index (χ0) is 22.6. The monoisotopic (exact) mass is 477 g/mol. The Kier molecular flexibility index (Phi) is 7.30. The number of nitrogens with one attached hydrogen (secondary N) is 1. The lowest BCUT2D eigenvalue weighted by Gasteiger charge is -2.16. The molecule has 1 atom stereocenters. The van der Waals surface area contributed by atoms with Gasteiger partial charge in [0.05, 0.1) is 17.7 Å². The van der Waals surface area contributed by atoms with E-state index < -0.39 is 10.1 Å². The predicted molar refractivity (Wildman–Crippen MR) is 121 cm³/mol. The Morgan fingerprint density at radius 2 is 2.06 bits per heavy atom. The molecule has 2 N–H and O–H groups in total. The van der Waals surface area contributed by atoms with Crippen LogP contribution in [-0.2, 0) is 21.5 Å². The molecule has 0 aliphatic carbocycles. The molecule has 1 aliphatic heterocycles. The summed E-state index contributed by atoms with van der Waals surface area (Å²) < 4.78 is 31.1. The van der Waals surface area contributed by atoms with Gasteiger partial charge in [-0.25, -0.2) is 0 Å². The van der Waals surface area contributed by atoms with Gasteiger partial charge in [-0.15, -0.1) is 11.3 Å². The van der Waals surface area contributed by atoms with Crippen molar-refractivity contribution in [3.05, 3.63) is 64.7 Å². The average molecular weight is 478 g/mol. The summed E-state index contributed by atoms with van der Waals surface area (Å²) in [4.78, 5) is 13.7. The van der Waals surface area contributed by atoms with Crippen LogP contribution in [-0.4, -0.2) is 43.4 Å². The first-order valence-electron chi connectivity index (χ1n) is 9.33. The number of nitriles is 1. The highest BCUT2D eigenvalue weighted by Gasteiger charge is 2.29. The molecule has 2 heterocycles. The topological polar surface area (TPSA) is 111 Å². The second-order valence-corrected chi connectivity index (χ2v) is 10.1. The van der Waals surface area contributed by atoms with Gasteiger partial charge in [0, 0.05) is 22.8 Å². The van der Waals surface area contributed by atoms with Gasteiger partial charge in [0.25, 0.3) is 0 Å². The molecule has 0 bridgehead atoms. The number of hydrogen-bond acceptors (Lipinski definition) is 6. The Morgan fingerprint density at radius 3 is 2.71 bits per heavy atom. The van der Waals surface area contributed by atoms with E-state index in [1.165, 1.54) is 6.07 Å². The van der Waals surface area contributed by atoms with Crippen molar-refractivity contribution in [1.29, 1.82) is 5.26 Å². The van der Waals surface area contributed by atoms with E-state index in [2.05, 4.69) is 11.4 Å². The summed E-state index contributed by atoms with van der Waals surface area (Å²) in [5.74, 6) is 0.148. The smallest absolute Gasteiger partial charge is 0.304 e. The van der Waals surface area contributed by atoms with Crippen molar-refractivity contribution in [2.24, 2.45) is 0 Å². The zero-order valence-electron chi connectivity index (χ0n) is 16.6. The molecule has 0 unspecified atom stereocenters. The average Bonchev–Trinajstić information content (AvgIpc) is 3.32. The van der Waals surface area contributed by atoms with E-state index in [9.17, 15) is 13.2 Å². The van der Waals surface area contributed by atoms with Crippen molar-refractivity contribution in [2.75, 3.05) is 13.6 Å².